The van der Waals surface area contributed by atoms with Crippen LogP contribution in [0.1, 0.15) is 11.1 Å². The van der Waals surface area contributed by atoms with Crippen LogP contribution >= 0.6 is 0 Å². The van der Waals surface area contributed by atoms with Crippen molar-refractivity contribution in [1.82, 2.24) is 0 Å². The van der Waals surface area contributed by atoms with Gasteiger partial charge in [0, 0.05) is 6.42 Å². The normalized spacial score (nSPS) is 10.1. The summed E-state index contributed by atoms with van der Waals surface area (Å²) < 4.78 is 21.1. The molecule has 0 bridgehead atoms. The minimum Gasteiger partial charge on any atom is -0.493 e. The third-order valence-corrected chi connectivity index (χ3v) is 3.57. The van der Waals surface area contributed by atoms with Gasteiger partial charge in [0.05, 0.1) is 34.4 Å². The highest BCUT2D eigenvalue weighted by Gasteiger charge is 2.15. The van der Waals surface area contributed by atoms with E-state index in [0.717, 1.165) is 11.1 Å². The Morgan fingerprint density at radius 2 is 1.50 bits per heavy atom. The third kappa shape index (κ3) is 4.65. The second kappa shape index (κ2) is 8.82. The predicted octanol–water partition coefficient (Wildman–Crippen LogP) is 3.04. The first-order chi connectivity index (χ1) is 11.7. The molecule has 0 unspecified atom stereocenters. The summed E-state index contributed by atoms with van der Waals surface area (Å²) in [5.74, 6) is 1.24. The van der Waals surface area contributed by atoms with Gasteiger partial charge in [-0.2, -0.15) is 0 Å². The molecule has 0 aliphatic rings. The molecule has 0 amide bonds. The first kappa shape index (κ1) is 17.7. The zero-order chi connectivity index (χ0) is 17.4. The van der Waals surface area contributed by atoms with Gasteiger partial charge < -0.3 is 18.9 Å². The molecule has 0 N–H and O–H groups in total. The monoisotopic (exact) mass is 330 g/mol. The van der Waals surface area contributed by atoms with Gasteiger partial charge in [0.25, 0.3) is 0 Å². The van der Waals surface area contributed by atoms with Gasteiger partial charge in [0.2, 0.25) is 5.75 Å². The Labute approximate surface area is 142 Å². The van der Waals surface area contributed by atoms with E-state index in [-0.39, 0.29) is 12.4 Å². The molecule has 0 saturated heterocycles. The Bertz CT molecular complexity index is 642. The number of ether oxygens (including phenoxy) is 4. The van der Waals surface area contributed by atoms with E-state index in [1.165, 1.54) is 7.11 Å². The lowest BCUT2D eigenvalue weighted by atomic mass is 10.1. The fourth-order valence-corrected chi connectivity index (χ4v) is 2.38. The molecule has 0 atom stereocenters. The van der Waals surface area contributed by atoms with Crippen LogP contribution in [0.25, 0.3) is 0 Å². The number of carbonyl (C=O) groups is 1. The van der Waals surface area contributed by atoms with Crippen LogP contribution in [0.3, 0.4) is 0 Å². The van der Waals surface area contributed by atoms with Crippen LogP contribution in [0.2, 0.25) is 0 Å². The molecule has 0 aliphatic heterocycles. The molecule has 2 rings (SSSR count). The maximum atomic E-state index is 12.0. The molecule has 128 valence electrons. The van der Waals surface area contributed by atoms with E-state index in [0.29, 0.717) is 30.3 Å². The fraction of sp³-hybridized carbons (Fsp3) is 0.316. The van der Waals surface area contributed by atoms with Crippen LogP contribution in [-0.2, 0) is 22.4 Å². The standard InChI is InChI=1S/C19H22O5/c1-21-16-11-15(12-17(22-2)19(16)23-3)13-18(20)24-10-9-14-7-5-4-6-8-14/h4-8,11-12H,9-10,13H2,1-3H3. The summed E-state index contributed by atoms with van der Waals surface area (Å²) in [5.41, 5.74) is 1.88. The zero-order valence-corrected chi connectivity index (χ0v) is 14.2. The third-order valence-electron chi connectivity index (χ3n) is 3.57. The molecule has 24 heavy (non-hydrogen) atoms. The molecule has 0 saturated carbocycles. The Hall–Kier alpha value is -2.69. The summed E-state index contributed by atoms with van der Waals surface area (Å²) in [6.07, 6.45) is 0.841. The molecule has 0 aliphatic carbocycles. The molecule has 0 fully saturated rings. The molecular formula is C19H22O5. The maximum Gasteiger partial charge on any atom is 0.310 e. The fourth-order valence-electron chi connectivity index (χ4n) is 2.38. The number of methoxy groups -OCH3 is 3. The minimum atomic E-state index is -0.291. The number of benzene rings is 2. The first-order valence-corrected chi connectivity index (χ1v) is 7.66. The molecule has 0 radical (unpaired) electrons. The van der Waals surface area contributed by atoms with Crippen LogP contribution in [0.5, 0.6) is 17.2 Å². The van der Waals surface area contributed by atoms with Gasteiger partial charge in [0.15, 0.2) is 11.5 Å². The van der Waals surface area contributed by atoms with Gasteiger partial charge in [-0.15, -0.1) is 0 Å². The number of rotatable bonds is 8. The van der Waals surface area contributed by atoms with Crippen molar-refractivity contribution in [2.24, 2.45) is 0 Å². The lowest BCUT2D eigenvalue weighted by Gasteiger charge is -2.14. The molecule has 5 heteroatoms. The Kier molecular flexibility index (Phi) is 6.49. The summed E-state index contributed by atoms with van der Waals surface area (Å²) in [6.45, 7) is 0.354. The number of hydrogen-bond donors (Lipinski definition) is 0. The number of carbonyl (C=O) groups excluding carboxylic acids is 1. The van der Waals surface area contributed by atoms with Crippen molar-refractivity contribution in [2.75, 3.05) is 27.9 Å². The van der Waals surface area contributed by atoms with Gasteiger partial charge in [-0.1, -0.05) is 30.3 Å². The van der Waals surface area contributed by atoms with Crippen LogP contribution in [0, 0.1) is 0 Å². The summed E-state index contributed by atoms with van der Waals surface area (Å²) in [7, 11) is 4.62. The van der Waals surface area contributed by atoms with Crippen molar-refractivity contribution in [1.29, 1.82) is 0 Å². The molecule has 0 spiro atoms. The highest BCUT2D eigenvalue weighted by atomic mass is 16.5. The van der Waals surface area contributed by atoms with Gasteiger partial charge in [-0.25, -0.2) is 0 Å². The van der Waals surface area contributed by atoms with Crippen molar-refractivity contribution in [3.8, 4) is 17.2 Å². The van der Waals surface area contributed by atoms with Crippen LogP contribution in [0.15, 0.2) is 42.5 Å². The lowest BCUT2D eigenvalue weighted by Crippen LogP contribution is -2.11. The molecule has 0 aromatic heterocycles. The smallest absolute Gasteiger partial charge is 0.310 e. The Morgan fingerprint density at radius 1 is 0.875 bits per heavy atom. The SMILES string of the molecule is COc1cc(CC(=O)OCCc2ccccc2)cc(OC)c1OC. The topological polar surface area (TPSA) is 54.0 Å². The van der Waals surface area contributed by atoms with Crippen molar-refractivity contribution >= 4 is 5.97 Å². The van der Waals surface area contributed by atoms with E-state index >= 15 is 0 Å². The zero-order valence-electron chi connectivity index (χ0n) is 14.2. The second-order valence-electron chi connectivity index (χ2n) is 5.17. The molecule has 2 aromatic carbocycles. The lowest BCUT2D eigenvalue weighted by molar-refractivity contribution is -0.142. The first-order valence-electron chi connectivity index (χ1n) is 7.66. The van der Waals surface area contributed by atoms with Crippen molar-refractivity contribution in [2.45, 2.75) is 12.8 Å². The highest BCUT2D eigenvalue weighted by Crippen LogP contribution is 2.38. The quantitative estimate of drug-likeness (QED) is 0.696. The van der Waals surface area contributed by atoms with Gasteiger partial charge >= 0.3 is 5.97 Å². The number of hydrogen-bond acceptors (Lipinski definition) is 5. The van der Waals surface area contributed by atoms with E-state index in [1.54, 1.807) is 26.4 Å². The average Bonchev–Trinajstić information content (AvgIpc) is 2.61. The van der Waals surface area contributed by atoms with E-state index < -0.39 is 0 Å². The van der Waals surface area contributed by atoms with Crippen molar-refractivity contribution in [3.05, 3.63) is 53.6 Å². The summed E-state index contributed by atoms with van der Waals surface area (Å²) in [6, 6.07) is 13.4. The van der Waals surface area contributed by atoms with E-state index in [9.17, 15) is 4.79 Å². The minimum absolute atomic E-state index is 0.144. The molecular weight excluding hydrogens is 308 g/mol. The second-order valence-corrected chi connectivity index (χ2v) is 5.17. The van der Waals surface area contributed by atoms with Crippen LogP contribution in [0.4, 0.5) is 0 Å². The molecule has 0 heterocycles. The maximum absolute atomic E-state index is 12.0. The van der Waals surface area contributed by atoms with E-state index in [2.05, 4.69) is 0 Å². The number of esters is 1. The molecule has 2 aromatic rings. The summed E-state index contributed by atoms with van der Waals surface area (Å²) >= 11 is 0. The van der Waals surface area contributed by atoms with Crippen molar-refractivity contribution < 1.29 is 23.7 Å². The average molecular weight is 330 g/mol. The summed E-state index contributed by atoms with van der Waals surface area (Å²) in [4.78, 5) is 12.0. The van der Waals surface area contributed by atoms with Gasteiger partial charge in [0.1, 0.15) is 0 Å². The Balaban J connectivity index is 1.96. The molecule has 5 nitrogen and oxygen atoms in total. The van der Waals surface area contributed by atoms with Crippen LogP contribution < -0.4 is 14.2 Å². The van der Waals surface area contributed by atoms with Gasteiger partial charge in [-0.3, -0.25) is 4.79 Å². The highest BCUT2D eigenvalue weighted by molar-refractivity contribution is 5.73. The van der Waals surface area contributed by atoms with Crippen molar-refractivity contribution in [3.63, 3.8) is 0 Å². The van der Waals surface area contributed by atoms with Crippen LogP contribution in [-0.4, -0.2) is 33.9 Å². The summed E-state index contributed by atoms with van der Waals surface area (Å²) in [5, 5.41) is 0. The predicted molar refractivity (Wildman–Crippen MR) is 90.9 cm³/mol. The van der Waals surface area contributed by atoms with Gasteiger partial charge in [-0.05, 0) is 23.3 Å². The largest absolute Gasteiger partial charge is 0.493 e. The van der Waals surface area contributed by atoms with E-state index in [1.807, 2.05) is 30.3 Å². The van der Waals surface area contributed by atoms with E-state index in [4.69, 9.17) is 18.9 Å². The Morgan fingerprint density at radius 3 is 2.04 bits per heavy atom.